The minimum Gasteiger partial charge on any atom is -0.338 e. The summed E-state index contributed by atoms with van der Waals surface area (Å²) < 4.78 is 0. The minimum absolute atomic E-state index is 0. The van der Waals surface area contributed by atoms with Gasteiger partial charge in [0.2, 0.25) is 5.12 Å². The molecule has 0 saturated carbocycles. The van der Waals surface area contributed by atoms with Crippen molar-refractivity contribution in [2.75, 3.05) is 6.54 Å². The summed E-state index contributed by atoms with van der Waals surface area (Å²) in [6, 6.07) is 3.52. The SMILES string of the molecule is CC(=O)ON1CCC(SC(=O)c2cccs2)C1=O.[Na]. The van der Waals surface area contributed by atoms with Crippen LogP contribution in [0.4, 0.5) is 0 Å². The van der Waals surface area contributed by atoms with Gasteiger partial charge in [0.1, 0.15) is 0 Å². The summed E-state index contributed by atoms with van der Waals surface area (Å²) in [4.78, 5) is 39.8. The molecule has 1 fully saturated rings. The summed E-state index contributed by atoms with van der Waals surface area (Å²) in [6.07, 6.45) is 0.508. The van der Waals surface area contributed by atoms with E-state index in [9.17, 15) is 14.4 Å². The maximum atomic E-state index is 11.8. The molecule has 0 spiro atoms. The number of hydrogen-bond acceptors (Lipinski definition) is 6. The molecule has 0 aliphatic carbocycles. The van der Waals surface area contributed by atoms with Crippen molar-refractivity contribution in [1.29, 1.82) is 0 Å². The van der Waals surface area contributed by atoms with Gasteiger partial charge in [-0.05, 0) is 17.9 Å². The Balaban J connectivity index is 0.00000180. The predicted molar refractivity (Wildman–Crippen MR) is 73.9 cm³/mol. The van der Waals surface area contributed by atoms with Crippen molar-refractivity contribution in [3.63, 3.8) is 0 Å². The zero-order chi connectivity index (χ0) is 13.1. The fraction of sp³-hybridized carbons (Fsp3) is 0.364. The van der Waals surface area contributed by atoms with Gasteiger partial charge >= 0.3 is 5.97 Å². The summed E-state index contributed by atoms with van der Waals surface area (Å²) in [7, 11) is 0. The number of thioether (sulfide) groups is 1. The molecule has 2 heterocycles. The number of hydrogen-bond donors (Lipinski definition) is 0. The molecule has 1 saturated heterocycles. The van der Waals surface area contributed by atoms with Crippen molar-refractivity contribution in [2.45, 2.75) is 18.6 Å². The van der Waals surface area contributed by atoms with Crippen LogP contribution in [-0.2, 0) is 14.4 Å². The average molecular weight is 308 g/mol. The van der Waals surface area contributed by atoms with Gasteiger partial charge in [0.15, 0.2) is 0 Å². The molecular weight excluding hydrogens is 297 g/mol. The van der Waals surface area contributed by atoms with Crippen LogP contribution in [-0.4, -0.2) is 63.4 Å². The van der Waals surface area contributed by atoms with Gasteiger partial charge in [0, 0.05) is 36.5 Å². The second-order valence-electron chi connectivity index (χ2n) is 3.68. The summed E-state index contributed by atoms with van der Waals surface area (Å²) in [5, 5.41) is 2.27. The van der Waals surface area contributed by atoms with E-state index in [4.69, 9.17) is 4.84 Å². The molecule has 1 atom stereocenters. The van der Waals surface area contributed by atoms with Gasteiger partial charge in [0.25, 0.3) is 5.91 Å². The number of amides is 1. The smallest absolute Gasteiger partial charge is 0.329 e. The van der Waals surface area contributed by atoms with E-state index in [0.717, 1.165) is 16.8 Å². The van der Waals surface area contributed by atoms with Crippen LogP contribution >= 0.6 is 23.1 Å². The summed E-state index contributed by atoms with van der Waals surface area (Å²) in [5.41, 5.74) is 0. The van der Waals surface area contributed by atoms with E-state index in [0.29, 0.717) is 17.8 Å². The van der Waals surface area contributed by atoms with Crippen LogP contribution in [0.15, 0.2) is 17.5 Å². The first kappa shape index (κ1) is 16.7. The first-order chi connectivity index (χ1) is 8.58. The third kappa shape index (κ3) is 4.32. The summed E-state index contributed by atoms with van der Waals surface area (Å²) in [6.45, 7) is 1.58. The molecule has 5 nitrogen and oxygen atoms in total. The second-order valence-corrected chi connectivity index (χ2v) is 5.81. The third-order valence-electron chi connectivity index (χ3n) is 2.33. The molecule has 0 bridgehead atoms. The summed E-state index contributed by atoms with van der Waals surface area (Å²) >= 11 is 2.34. The molecule has 1 aromatic rings. The van der Waals surface area contributed by atoms with Crippen molar-refractivity contribution < 1.29 is 19.2 Å². The maximum Gasteiger partial charge on any atom is 0.329 e. The molecule has 0 aromatic carbocycles. The van der Waals surface area contributed by atoms with Crippen LogP contribution in [0.3, 0.4) is 0 Å². The fourth-order valence-electron chi connectivity index (χ4n) is 1.57. The number of carbonyl (C=O) groups excluding carboxylic acids is 3. The minimum atomic E-state index is -0.529. The molecule has 97 valence electrons. The van der Waals surface area contributed by atoms with Crippen LogP contribution in [0.1, 0.15) is 23.0 Å². The second kappa shape index (κ2) is 7.44. The van der Waals surface area contributed by atoms with Gasteiger partial charge in [0.05, 0.1) is 16.7 Å². The van der Waals surface area contributed by atoms with Crippen molar-refractivity contribution in [3.05, 3.63) is 22.4 Å². The van der Waals surface area contributed by atoms with Gasteiger partial charge in [-0.25, -0.2) is 0 Å². The van der Waals surface area contributed by atoms with E-state index in [2.05, 4.69) is 0 Å². The van der Waals surface area contributed by atoms with Crippen LogP contribution in [0.5, 0.6) is 0 Å². The zero-order valence-electron chi connectivity index (χ0n) is 10.6. The number of nitrogens with zero attached hydrogens (tertiary/aromatic N) is 1. The zero-order valence-corrected chi connectivity index (χ0v) is 14.3. The quantitative estimate of drug-likeness (QED) is 0.788. The number of carbonyl (C=O) groups is 3. The standard InChI is InChI=1S/C11H11NO4S2.Na/c1-7(13)16-12-5-4-8(10(12)14)18-11(15)9-3-2-6-17-9;/h2-3,6,8H,4-5H2,1H3;. The Labute approximate surface area is 140 Å². The Morgan fingerprint density at radius 2 is 2.26 bits per heavy atom. The number of rotatable bonds is 3. The predicted octanol–water partition coefficient (Wildman–Crippen LogP) is 1.32. The molecule has 1 aliphatic rings. The topological polar surface area (TPSA) is 63.7 Å². The maximum absolute atomic E-state index is 11.8. The molecule has 8 heteroatoms. The molecule has 19 heavy (non-hydrogen) atoms. The first-order valence-corrected chi connectivity index (χ1v) is 7.08. The van der Waals surface area contributed by atoms with E-state index >= 15 is 0 Å². The van der Waals surface area contributed by atoms with Gasteiger partial charge in [-0.2, -0.15) is 5.06 Å². The van der Waals surface area contributed by atoms with Crippen molar-refractivity contribution in [2.24, 2.45) is 0 Å². The third-order valence-corrected chi connectivity index (χ3v) is 4.48. The van der Waals surface area contributed by atoms with Gasteiger partial charge < -0.3 is 4.84 Å². The Morgan fingerprint density at radius 1 is 1.53 bits per heavy atom. The van der Waals surface area contributed by atoms with Crippen LogP contribution in [0.2, 0.25) is 0 Å². The largest absolute Gasteiger partial charge is 0.338 e. The molecule has 1 unspecified atom stereocenters. The Kier molecular flexibility index (Phi) is 6.55. The first-order valence-electron chi connectivity index (χ1n) is 5.32. The average Bonchev–Trinajstić information content (AvgIpc) is 2.93. The Bertz CT molecular complexity index is 477. The van der Waals surface area contributed by atoms with E-state index in [1.165, 1.54) is 18.3 Å². The summed E-state index contributed by atoms with van der Waals surface area (Å²) in [5.74, 6) is -0.848. The molecule has 1 amide bonds. The van der Waals surface area contributed by atoms with Crippen molar-refractivity contribution >= 4 is 69.6 Å². The van der Waals surface area contributed by atoms with E-state index in [-0.39, 0.29) is 40.6 Å². The van der Waals surface area contributed by atoms with E-state index in [1.54, 1.807) is 12.1 Å². The van der Waals surface area contributed by atoms with Crippen molar-refractivity contribution in [3.8, 4) is 0 Å². The monoisotopic (exact) mass is 308 g/mol. The molecule has 1 radical (unpaired) electrons. The number of thiophene rings is 1. The van der Waals surface area contributed by atoms with E-state index < -0.39 is 11.2 Å². The Morgan fingerprint density at radius 3 is 2.84 bits per heavy atom. The van der Waals surface area contributed by atoms with Crippen LogP contribution in [0.25, 0.3) is 0 Å². The fourth-order valence-corrected chi connectivity index (χ4v) is 3.30. The molecule has 1 aliphatic heterocycles. The van der Waals surface area contributed by atoms with E-state index in [1.807, 2.05) is 5.38 Å². The van der Waals surface area contributed by atoms with Gasteiger partial charge in [-0.1, -0.05) is 17.8 Å². The molecular formula is C11H11NNaO4S2. The molecule has 1 aromatic heterocycles. The Hall–Kier alpha value is -0.340. The van der Waals surface area contributed by atoms with Crippen LogP contribution in [0, 0.1) is 0 Å². The van der Waals surface area contributed by atoms with Gasteiger partial charge in [-0.15, -0.1) is 11.3 Å². The van der Waals surface area contributed by atoms with Crippen LogP contribution < -0.4 is 0 Å². The molecule has 0 N–H and O–H groups in total. The van der Waals surface area contributed by atoms with Gasteiger partial charge in [-0.3, -0.25) is 14.4 Å². The number of hydroxylamine groups is 2. The molecule has 2 rings (SSSR count). The normalized spacial score (nSPS) is 18.1. The van der Waals surface area contributed by atoms with Crippen molar-refractivity contribution in [1.82, 2.24) is 5.06 Å².